The Morgan fingerprint density at radius 3 is 2.72 bits per heavy atom. The first-order chi connectivity index (χ1) is 8.58. The van der Waals surface area contributed by atoms with Crippen LogP contribution in [0.3, 0.4) is 0 Å². The van der Waals surface area contributed by atoms with Gasteiger partial charge in [0.2, 0.25) is 5.91 Å². The van der Waals surface area contributed by atoms with Crippen LogP contribution in [0.2, 0.25) is 0 Å². The second-order valence-corrected chi connectivity index (χ2v) is 5.39. The van der Waals surface area contributed by atoms with Gasteiger partial charge in [-0.3, -0.25) is 9.59 Å². The molecule has 1 amide bonds. The van der Waals surface area contributed by atoms with Gasteiger partial charge >= 0.3 is 5.97 Å². The third-order valence-electron chi connectivity index (χ3n) is 3.99. The molecular weight excluding hydrogens is 234 g/mol. The molecule has 5 nitrogen and oxygen atoms in total. The highest BCUT2D eigenvalue weighted by molar-refractivity contribution is 5.79. The predicted molar refractivity (Wildman–Crippen MR) is 65.1 cm³/mol. The van der Waals surface area contributed by atoms with E-state index in [1.165, 1.54) is 0 Å². The fourth-order valence-electron chi connectivity index (χ4n) is 2.81. The lowest BCUT2D eigenvalue weighted by Gasteiger charge is -2.17. The second kappa shape index (κ2) is 5.69. The number of carbonyl (C=O) groups excluding carboxylic acids is 1. The summed E-state index contributed by atoms with van der Waals surface area (Å²) in [6.45, 7) is 3.63. The Morgan fingerprint density at radius 2 is 2.17 bits per heavy atom. The molecule has 102 valence electrons. The first-order valence-electron chi connectivity index (χ1n) is 6.70. The standard InChI is InChI=1S/C13H21NO4/c1-9-7-14(8-11(9)13(16)17)12(15)5-4-10-3-2-6-18-10/h9-11H,2-8H2,1H3,(H,16,17). The van der Waals surface area contributed by atoms with Crippen LogP contribution in [0.5, 0.6) is 0 Å². The number of amides is 1. The number of carboxylic acid groups (broad SMARTS) is 1. The summed E-state index contributed by atoms with van der Waals surface area (Å²) < 4.78 is 5.48. The molecule has 0 aromatic heterocycles. The Balaban J connectivity index is 1.77. The molecule has 2 saturated heterocycles. The molecule has 0 bridgehead atoms. The summed E-state index contributed by atoms with van der Waals surface area (Å²) >= 11 is 0. The van der Waals surface area contributed by atoms with E-state index >= 15 is 0 Å². The van der Waals surface area contributed by atoms with Gasteiger partial charge in [-0.2, -0.15) is 0 Å². The van der Waals surface area contributed by atoms with Gasteiger partial charge in [-0.25, -0.2) is 0 Å². The van der Waals surface area contributed by atoms with Gasteiger partial charge in [-0.1, -0.05) is 6.92 Å². The van der Waals surface area contributed by atoms with Crippen molar-refractivity contribution in [3.8, 4) is 0 Å². The average Bonchev–Trinajstić information content (AvgIpc) is 2.94. The van der Waals surface area contributed by atoms with Crippen LogP contribution in [0, 0.1) is 11.8 Å². The van der Waals surface area contributed by atoms with E-state index < -0.39 is 11.9 Å². The summed E-state index contributed by atoms with van der Waals surface area (Å²) in [7, 11) is 0. The van der Waals surface area contributed by atoms with Crippen molar-refractivity contribution in [2.45, 2.75) is 38.7 Å². The number of aliphatic carboxylic acids is 1. The molecule has 0 saturated carbocycles. The van der Waals surface area contributed by atoms with Crippen molar-refractivity contribution >= 4 is 11.9 Å². The number of carboxylic acids is 1. The molecular formula is C13H21NO4. The highest BCUT2D eigenvalue weighted by Crippen LogP contribution is 2.25. The van der Waals surface area contributed by atoms with E-state index in [1.807, 2.05) is 6.92 Å². The molecule has 1 N–H and O–H groups in total. The SMILES string of the molecule is CC1CN(C(=O)CCC2CCCO2)CC1C(=O)O. The molecule has 5 heteroatoms. The number of nitrogens with zero attached hydrogens (tertiary/aromatic N) is 1. The highest BCUT2D eigenvalue weighted by atomic mass is 16.5. The monoisotopic (exact) mass is 255 g/mol. The topological polar surface area (TPSA) is 66.8 Å². The van der Waals surface area contributed by atoms with E-state index in [0.717, 1.165) is 25.9 Å². The van der Waals surface area contributed by atoms with Crippen LogP contribution < -0.4 is 0 Å². The zero-order valence-corrected chi connectivity index (χ0v) is 10.8. The maximum Gasteiger partial charge on any atom is 0.308 e. The quantitative estimate of drug-likeness (QED) is 0.817. The molecule has 0 aromatic carbocycles. The van der Waals surface area contributed by atoms with Crippen molar-refractivity contribution in [1.82, 2.24) is 4.90 Å². The fourth-order valence-corrected chi connectivity index (χ4v) is 2.81. The smallest absolute Gasteiger partial charge is 0.308 e. The minimum Gasteiger partial charge on any atom is -0.481 e. The van der Waals surface area contributed by atoms with Crippen LogP contribution in [0.25, 0.3) is 0 Å². The number of hydrogen-bond acceptors (Lipinski definition) is 3. The largest absolute Gasteiger partial charge is 0.481 e. The van der Waals surface area contributed by atoms with E-state index in [4.69, 9.17) is 9.84 Å². The van der Waals surface area contributed by atoms with E-state index in [9.17, 15) is 9.59 Å². The average molecular weight is 255 g/mol. The Hall–Kier alpha value is -1.10. The summed E-state index contributed by atoms with van der Waals surface area (Å²) in [4.78, 5) is 24.7. The van der Waals surface area contributed by atoms with E-state index in [1.54, 1.807) is 4.90 Å². The second-order valence-electron chi connectivity index (χ2n) is 5.39. The Labute approximate surface area is 107 Å². The summed E-state index contributed by atoms with van der Waals surface area (Å²) in [6.07, 6.45) is 3.59. The van der Waals surface area contributed by atoms with Gasteiger partial charge in [0.1, 0.15) is 0 Å². The van der Waals surface area contributed by atoms with Crippen LogP contribution in [-0.2, 0) is 14.3 Å². The lowest BCUT2D eigenvalue weighted by molar-refractivity contribution is -0.142. The number of likely N-dealkylation sites (tertiary alicyclic amines) is 1. The lowest BCUT2D eigenvalue weighted by atomic mass is 9.99. The summed E-state index contributed by atoms with van der Waals surface area (Å²) in [5, 5.41) is 9.03. The zero-order chi connectivity index (χ0) is 13.1. The lowest BCUT2D eigenvalue weighted by Crippen LogP contribution is -2.30. The van der Waals surface area contributed by atoms with Gasteiger partial charge in [0, 0.05) is 26.1 Å². The third kappa shape index (κ3) is 3.02. The minimum absolute atomic E-state index is 0.0502. The molecule has 2 aliphatic heterocycles. The molecule has 2 aliphatic rings. The van der Waals surface area contributed by atoms with E-state index in [0.29, 0.717) is 19.5 Å². The summed E-state index contributed by atoms with van der Waals surface area (Å²) in [5.74, 6) is -1.08. The van der Waals surface area contributed by atoms with Gasteiger partial charge in [-0.15, -0.1) is 0 Å². The molecule has 3 unspecified atom stereocenters. The summed E-state index contributed by atoms with van der Waals surface area (Å²) in [6, 6.07) is 0. The molecule has 2 fully saturated rings. The molecule has 0 aliphatic carbocycles. The molecule has 2 rings (SSSR count). The van der Waals surface area contributed by atoms with Crippen molar-refractivity contribution in [3.63, 3.8) is 0 Å². The maximum absolute atomic E-state index is 12.0. The van der Waals surface area contributed by atoms with Gasteiger partial charge in [0.05, 0.1) is 12.0 Å². The number of hydrogen-bond donors (Lipinski definition) is 1. The number of carbonyl (C=O) groups is 2. The van der Waals surface area contributed by atoms with Crippen molar-refractivity contribution in [1.29, 1.82) is 0 Å². The van der Waals surface area contributed by atoms with Crippen molar-refractivity contribution in [2.75, 3.05) is 19.7 Å². The van der Waals surface area contributed by atoms with Crippen molar-refractivity contribution < 1.29 is 19.4 Å². The van der Waals surface area contributed by atoms with Gasteiger partial charge in [-0.05, 0) is 25.2 Å². The van der Waals surface area contributed by atoms with E-state index in [-0.39, 0.29) is 17.9 Å². The van der Waals surface area contributed by atoms with E-state index in [2.05, 4.69) is 0 Å². The number of rotatable bonds is 4. The van der Waals surface area contributed by atoms with Gasteiger partial charge < -0.3 is 14.7 Å². The van der Waals surface area contributed by atoms with Crippen LogP contribution in [-0.4, -0.2) is 47.7 Å². The number of ether oxygens (including phenoxy) is 1. The predicted octanol–water partition coefficient (Wildman–Crippen LogP) is 1.12. The molecule has 0 radical (unpaired) electrons. The highest BCUT2D eigenvalue weighted by Gasteiger charge is 2.36. The molecule has 0 aromatic rings. The Morgan fingerprint density at radius 1 is 1.39 bits per heavy atom. The van der Waals surface area contributed by atoms with Crippen LogP contribution in [0.4, 0.5) is 0 Å². The first-order valence-corrected chi connectivity index (χ1v) is 6.70. The molecule has 0 spiro atoms. The summed E-state index contributed by atoms with van der Waals surface area (Å²) in [5.41, 5.74) is 0. The minimum atomic E-state index is -0.795. The van der Waals surface area contributed by atoms with Crippen molar-refractivity contribution in [2.24, 2.45) is 11.8 Å². The maximum atomic E-state index is 12.0. The van der Waals surface area contributed by atoms with Crippen LogP contribution >= 0.6 is 0 Å². The van der Waals surface area contributed by atoms with Gasteiger partial charge in [0.25, 0.3) is 0 Å². The zero-order valence-electron chi connectivity index (χ0n) is 10.8. The van der Waals surface area contributed by atoms with Crippen LogP contribution in [0.1, 0.15) is 32.6 Å². The normalized spacial score (nSPS) is 31.8. The fraction of sp³-hybridized carbons (Fsp3) is 0.846. The molecule has 3 atom stereocenters. The Kier molecular flexibility index (Phi) is 4.22. The molecule has 2 heterocycles. The third-order valence-corrected chi connectivity index (χ3v) is 3.99. The molecule has 18 heavy (non-hydrogen) atoms. The van der Waals surface area contributed by atoms with Gasteiger partial charge in [0.15, 0.2) is 0 Å². The van der Waals surface area contributed by atoms with Crippen molar-refractivity contribution in [3.05, 3.63) is 0 Å². The van der Waals surface area contributed by atoms with Crippen LogP contribution in [0.15, 0.2) is 0 Å². The Bertz CT molecular complexity index is 325. The first kappa shape index (κ1) is 13.3.